The van der Waals surface area contributed by atoms with E-state index in [4.69, 9.17) is 9.47 Å². The number of aromatic amines is 1. The Morgan fingerprint density at radius 1 is 1.07 bits per heavy atom. The molecule has 3 aromatic carbocycles. The van der Waals surface area contributed by atoms with Crippen LogP contribution in [0.5, 0.6) is 5.75 Å². The van der Waals surface area contributed by atoms with E-state index in [1.54, 1.807) is 24.4 Å². The molecule has 0 aliphatic heterocycles. The van der Waals surface area contributed by atoms with E-state index in [2.05, 4.69) is 40.7 Å². The van der Waals surface area contributed by atoms with Crippen molar-refractivity contribution in [1.29, 1.82) is 0 Å². The van der Waals surface area contributed by atoms with Crippen LogP contribution in [0.2, 0.25) is 0 Å². The summed E-state index contributed by atoms with van der Waals surface area (Å²) >= 11 is 0. The lowest BCUT2D eigenvalue weighted by Gasteiger charge is -2.20. The number of benzene rings is 3. The van der Waals surface area contributed by atoms with E-state index in [-0.39, 0.29) is 24.1 Å². The van der Waals surface area contributed by atoms with Gasteiger partial charge in [0, 0.05) is 47.0 Å². The number of hydrogen-bond acceptors (Lipinski definition) is 6. The third kappa shape index (κ3) is 7.67. The molecule has 10 heteroatoms. The van der Waals surface area contributed by atoms with Gasteiger partial charge >= 0.3 is 6.09 Å². The minimum atomic E-state index is -0.921. The van der Waals surface area contributed by atoms with Crippen LogP contribution in [0.4, 0.5) is 20.6 Å². The van der Waals surface area contributed by atoms with Gasteiger partial charge in [-0.3, -0.25) is 10.1 Å². The monoisotopic (exact) mass is 558 g/mol. The molecule has 0 fully saturated rings. The number of H-pyrrole nitrogens is 1. The number of pyridine rings is 1. The summed E-state index contributed by atoms with van der Waals surface area (Å²) in [6, 6.07) is 19.0. The largest absolute Gasteiger partial charge is 0.463 e. The van der Waals surface area contributed by atoms with Crippen molar-refractivity contribution in [3.05, 3.63) is 99.5 Å². The quantitative estimate of drug-likeness (QED) is 0.206. The predicted octanol–water partition coefficient (Wildman–Crippen LogP) is 5.65. The smallest absolute Gasteiger partial charge is 0.411 e. The van der Waals surface area contributed by atoms with Crippen molar-refractivity contribution in [2.45, 2.75) is 39.3 Å². The molecule has 4 rings (SSSR count). The molecular weight excluding hydrogens is 522 g/mol. The highest BCUT2D eigenvalue weighted by molar-refractivity contribution is 6.04. The van der Waals surface area contributed by atoms with Crippen molar-refractivity contribution in [2.24, 2.45) is 0 Å². The van der Waals surface area contributed by atoms with Crippen LogP contribution in [-0.4, -0.2) is 44.4 Å². The number of aromatic nitrogens is 1. The molecule has 1 amide bonds. The zero-order valence-electron chi connectivity index (χ0n) is 24.1. The number of ether oxygens (including phenoxy) is 2. The molecule has 1 unspecified atom stereocenters. The minimum Gasteiger partial charge on any atom is -0.463 e. The third-order valence-corrected chi connectivity index (χ3v) is 6.95. The number of alkyl halides is 1. The highest BCUT2D eigenvalue weighted by Crippen LogP contribution is 2.27. The number of carbonyl (C=O) groups is 1. The average Bonchev–Trinajstić information content (AvgIpc) is 2.93. The Kier molecular flexibility index (Phi) is 9.67. The summed E-state index contributed by atoms with van der Waals surface area (Å²) in [5, 5.41) is 7.77. The van der Waals surface area contributed by atoms with Crippen molar-refractivity contribution in [2.75, 3.05) is 31.1 Å². The van der Waals surface area contributed by atoms with Crippen molar-refractivity contribution in [3.8, 4) is 5.75 Å². The number of fused-ring (bicyclic) bond motifs is 1. The lowest BCUT2D eigenvalue weighted by Crippen LogP contribution is -2.18. The second-order valence-electron chi connectivity index (χ2n) is 10.5. The summed E-state index contributed by atoms with van der Waals surface area (Å²) in [6.45, 7) is 5.95. The highest BCUT2D eigenvalue weighted by Gasteiger charge is 2.15. The van der Waals surface area contributed by atoms with Crippen LogP contribution in [0.15, 0.2) is 71.7 Å². The molecule has 0 spiro atoms. The van der Waals surface area contributed by atoms with Crippen LogP contribution in [0.1, 0.15) is 48.1 Å². The van der Waals surface area contributed by atoms with Crippen molar-refractivity contribution in [3.63, 3.8) is 0 Å². The van der Waals surface area contributed by atoms with Crippen molar-refractivity contribution < 1.29 is 18.7 Å². The van der Waals surface area contributed by atoms with Gasteiger partial charge < -0.3 is 24.6 Å². The van der Waals surface area contributed by atoms with Gasteiger partial charge in [0.1, 0.15) is 5.75 Å². The SMILES string of the molecule is BN(C)Cc1cc(NC(=O)OC[C@H](C)c2ccc(C(C)Nc3ccc4cc[nH]c(=O)c4c3)cc2C)ccc1OCF. The fourth-order valence-corrected chi connectivity index (χ4v) is 4.89. The Labute approximate surface area is 240 Å². The summed E-state index contributed by atoms with van der Waals surface area (Å²) in [5.74, 6) is 0.416. The summed E-state index contributed by atoms with van der Waals surface area (Å²) in [4.78, 5) is 29.3. The molecular formula is C31H36BFN4O4. The molecule has 4 aromatic rings. The van der Waals surface area contributed by atoms with Crippen LogP contribution in [0, 0.1) is 6.92 Å². The normalized spacial score (nSPS) is 12.6. The fraction of sp³-hybridized carbons (Fsp3) is 0.290. The second kappa shape index (κ2) is 13.4. The van der Waals surface area contributed by atoms with Gasteiger partial charge in [-0.05, 0) is 79.4 Å². The number of amides is 1. The Morgan fingerprint density at radius 3 is 2.59 bits per heavy atom. The molecule has 1 heterocycles. The predicted molar refractivity (Wildman–Crippen MR) is 164 cm³/mol. The Balaban J connectivity index is 1.35. The Bertz CT molecular complexity index is 1580. The lowest BCUT2D eigenvalue weighted by atomic mass is 9.93. The zero-order valence-corrected chi connectivity index (χ0v) is 24.1. The Hall–Kier alpha value is -4.31. The zero-order chi connectivity index (χ0) is 29.5. The standard InChI is InChI=1S/C31H36BFN4O4/c1-19-13-23(21(3)35-26-7-5-22-11-12-34-30(38)28(22)15-26)6-9-27(19)20(2)17-40-31(39)36-25-8-10-29(41-18-33)24(14-25)16-37(4)32/h5-15,20-21,35H,16-18,32H2,1-4H3,(H,34,38)(H,36,39)/t20-,21?/m0/s1. The summed E-state index contributed by atoms with van der Waals surface area (Å²) in [6.07, 6.45) is 1.09. The van der Waals surface area contributed by atoms with Crippen LogP contribution < -0.4 is 20.9 Å². The van der Waals surface area contributed by atoms with Gasteiger partial charge in [0.2, 0.25) is 6.86 Å². The van der Waals surface area contributed by atoms with E-state index >= 15 is 0 Å². The maximum atomic E-state index is 12.7. The molecule has 0 saturated heterocycles. The van der Waals surface area contributed by atoms with Crippen LogP contribution in [0.25, 0.3) is 10.8 Å². The highest BCUT2D eigenvalue weighted by atomic mass is 19.1. The second-order valence-corrected chi connectivity index (χ2v) is 10.5. The van der Waals surface area contributed by atoms with E-state index in [9.17, 15) is 14.0 Å². The van der Waals surface area contributed by atoms with Crippen LogP contribution in [0.3, 0.4) is 0 Å². The van der Waals surface area contributed by atoms with E-state index in [1.807, 2.05) is 58.0 Å². The van der Waals surface area contributed by atoms with Crippen LogP contribution in [-0.2, 0) is 11.3 Å². The summed E-state index contributed by atoms with van der Waals surface area (Å²) < 4.78 is 23.3. The number of rotatable bonds is 11. The maximum absolute atomic E-state index is 12.7. The van der Waals surface area contributed by atoms with Gasteiger partial charge in [0.15, 0.2) is 7.98 Å². The first-order chi connectivity index (χ1) is 19.6. The molecule has 0 radical (unpaired) electrons. The lowest BCUT2D eigenvalue weighted by molar-refractivity contribution is 0.155. The van der Waals surface area contributed by atoms with Crippen molar-refractivity contribution >= 4 is 36.2 Å². The molecule has 0 aliphatic rings. The molecule has 0 bridgehead atoms. The fourth-order valence-electron chi connectivity index (χ4n) is 4.89. The Morgan fingerprint density at radius 2 is 1.85 bits per heavy atom. The molecule has 41 heavy (non-hydrogen) atoms. The molecule has 0 saturated carbocycles. The van der Waals surface area contributed by atoms with Gasteiger partial charge in [-0.1, -0.05) is 31.2 Å². The molecule has 1 aromatic heterocycles. The van der Waals surface area contributed by atoms with Gasteiger partial charge in [-0.2, -0.15) is 0 Å². The number of hydrogen-bond donors (Lipinski definition) is 3. The molecule has 0 aliphatic carbocycles. The summed E-state index contributed by atoms with van der Waals surface area (Å²) in [5.41, 5.74) is 5.35. The van der Waals surface area contributed by atoms with Gasteiger partial charge in [-0.15, -0.1) is 0 Å². The average molecular weight is 558 g/mol. The molecule has 8 nitrogen and oxygen atoms in total. The van der Waals surface area contributed by atoms with Gasteiger partial charge in [-0.25, -0.2) is 9.18 Å². The van der Waals surface area contributed by atoms with E-state index in [0.29, 0.717) is 23.4 Å². The van der Waals surface area contributed by atoms with E-state index in [1.165, 1.54) is 0 Å². The number of halogens is 1. The van der Waals surface area contributed by atoms with Crippen LogP contribution >= 0.6 is 0 Å². The summed E-state index contributed by atoms with van der Waals surface area (Å²) in [7, 11) is 3.80. The van der Waals surface area contributed by atoms with E-state index in [0.717, 1.165) is 33.3 Å². The number of nitrogens with zero attached hydrogens (tertiary/aromatic N) is 1. The van der Waals surface area contributed by atoms with Gasteiger partial charge in [0.25, 0.3) is 5.56 Å². The minimum absolute atomic E-state index is 0.0133. The molecule has 214 valence electrons. The first-order valence-electron chi connectivity index (χ1n) is 13.5. The topological polar surface area (TPSA) is 95.7 Å². The number of carbonyl (C=O) groups excluding carboxylic acids is 1. The van der Waals surface area contributed by atoms with E-state index < -0.39 is 13.0 Å². The maximum Gasteiger partial charge on any atom is 0.411 e. The van der Waals surface area contributed by atoms with Crippen molar-refractivity contribution in [1.82, 2.24) is 9.79 Å². The first-order valence-corrected chi connectivity index (χ1v) is 13.5. The number of anilines is 2. The first kappa shape index (κ1) is 29.7. The number of aryl methyl sites for hydroxylation is 1. The molecule has 3 N–H and O–H groups in total. The number of nitrogens with one attached hydrogen (secondary N) is 3. The third-order valence-electron chi connectivity index (χ3n) is 6.95. The van der Waals surface area contributed by atoms with Gasteiger partial charge in [0.05, 0.1) is 6.61 Å². The molecule has 2 atom stereocenters.